The average Bonchev–Trinajstić information content (AvgIpc) is 2.61. The molecule has 0 radical (unpaired) electrons. The molecule has 0 aliphatic carbocycles. The van der Waals surface area contributed by atoms with E-state index in [-0.39, 0.29) is 22.0 Å². The summed E-state index contributed by atoms with van der Waals surface area (Å²) < 4.78 is 44.8. The van der Waals surface area contributed by atoms with Gasteiger partial charge in [0.25, 0.3) is 10.0 Å². The Labute approximate surface area is 154 Å². The first-order chi connectivity index (χ1) is 12.6. The Kier molecular flexibility index (Phi) is 4.52. The van der Waals surface area contributed by atoms with E-state index in [4.69, 9.17) is 9.84 Å². The minimum absolute atomic E-state index is 0.00118. The van der Waals surface area contributed by atoms with E-state index >= 15 is 0 Å². The molecule has 1 aliphatic heterocycles. The molecule has 142 valence electrons. The van der Waals surface area contributed by atoms with Gasteiger partial charge in [0.05, 0.1) is 11.4 Å². The summed E-state index contributed by atoms with van der Waals surface area (Å²) in [4.78, 5) is 24.5. The highest BCUT2D eigenvalue weighted by atomic mass is 32.2. The van der Waals surface area contributed by atoms with Gasteiger partial charge in [-0.1, -0.05) is 0 Å². The molecule has 0 saturated heterocycles. The molecule has 10 heteroatoms. The van der Waals surface area contributed by atoms with E-state index in [0.29, 0.717) is 4.31 Å². The van der Waals surface area contributed by atoms with Crippen LogP contribution in [0.25, 0.3) is 0 Å². The third kappa shape index (κ3) is 3.19. The number of sulfonamides is 1. The number of carbonyl (C=O) groups excluding carboxylic acids is 1. The fraction of sp³-hybridized carbons (Fsp3) is 0.176. The smallest absolute Gasteiger partial charge is 0.344 e. The van der Waals surface area contributed by atoms with Crippen molar-refractivity contribution in [1.29, 1.82) is 0 Å². The van der Waals surface area contributed by atoms with E-state index in [9.17, 15) is 22.4 Å². The van der Waals surface area contributed by atoms with E-state index in [1.165, 1.54) is 44.3 Å². The number of anilines is 2. The van der Waals surface area contributed by atoms with Crippen LogP contribution in [0.2, 0.25) is 0 Å². The van der Waals surface area contributed by atoms with Gasteiger partial charge in [0, 0.05) is 13.1 Å². The second-order valence-electron chi connectivity index (χ2n) is 5.82. The molecule has 1 heterocycles. The van der Waals surface area contributed by atoms with Gasteiger partial charge in [-0.25, -0.2) is 22.4 Å². The van der Waals surface area contributed by atoms with Crippen molar-refractivity contribution in [3.8, 4) is 5.75 Å². The van der Waals surface area contributed by atoms with Gasteiger partial charge in [0.1, 0.15) is 16.5 Å². The lowest BCUT2D eigenvalue weighted by Gasteiger charge is -2.34. The quantitative estimate of drug-likeness (QED) is 0.854. The highest BCUT2D eigenvalue weighted by molar-refractivity contribution is 7.94. The number of rotatable bonds is 4. The van der Waals surface area contributed by atoms with Gasteiger partial charge in [-0.05, 0) is 43.3 Å². The maximum atomic E-state index is 13.1. The molecule has 1 atom stereocenters. The summed E-state index contributed by atoms with van der Waals surface area (Å²) in [5.41, 5.74) is 0.0483. The molecule has 0 unspecified atom stereocenters. The number of amides is 2. The Balaban J connectivity index is 2.08. The number of ether oxygens (including phenoxy) is 1. The highest BCUT2D eigenvalue weighted by Crippen LogP contribution is 2.38. The number of nitrogens with zero attached hydrogens (tertiary/aromatic N) is 2. The van der Waals surface area contributed by atoms with Crippen molar-refractivity contribution in [2.75, 3.05) is 16.3 Å². The summed E-state index contributed by atoms with van der Waals surface area (Å²) >= 11 is 0. The van der Waals surface area contributed by atoms with E-state index in [1.807, 2.05) is 0 Å². The first-order valence-corrected chi connectivity index (χ1v) is 9.19. The van der Waals surface area contributed by atoms with E-state index in [2.05, 4.69) is 0 Å². The number of carbonyl (C=O) groups is 2. The fourth-order valence-corrected chi connectivity index (χ4v) is 4.20. The summed E-state index contributed by atoms with van der Waals surface area (Å²) in [7, 11) is -2.87. The zero-order valence-electron chi connectivity index (χ0n) is 14.3. The van der Waals surface area contributed by atoms with Crippen LogP contribution in [0.1, 0.15) is 6.92 Å². The average molecular weight is 394 g/mol. The van der Waals surface area contributed by atoms with Crippen LogP contribution in [-0.4, -0.2) is 38.7 Å². The largest absolute Gasteiger partial charge is 0.479 e. The van der Waals surface area contributed by atoms with Crippen LogP contribution in [0, 0.1) is 5.82 Å². The predicted molar refractivity (Wildman–Crippen MR) is 94.0 cm³/mol. The third-order valence-electron chi connectivity index (χ3n) is 3.99. The molecule has 1 N–H and O–H groups in total. The Morgan fingerprint density at radius 2 is 1.81 bits per heavy atom. The number of urea groups is 1. The second kappa shape index (κ2) is 6.54. The molecule has 2 aromatic carbocycles. The summed E-state index contributed by atoms with van der Waals surface area (Å²) in [5.74, 6) is -1.65. The van der Waals surface area contributed by atoms with E-state index in [0.717, 1.165) is 17.0 Å². The number of aliphatic carboxylic acids is 1. The number of carboxylic acid groups (broad SMARTS) is 1. The zero-order chi connectivity index (χ0) is 19.9. The van der Waals surface area contributed by atoms with Gasteiger partial charge >= 0.3 is 12.0 Å². The van der Waals surface area contributed by atoms with Gasteiger partial charge in [0.2, 0.25) is 0 Å². The molecule has 0 spiro atoms. The van der Waals surface area contributed by atoms with Crippen LogP contribution >= 0.6 is 0 Å². The van der Waals surface area contributed by atoms with E-state index < -0.39 is 33.9 Å². The van der Waals surface area contributed by atoms with E-state index in [1.54, 1.807) is 0 Å². The number of hydrogen-bond acceptors (Lipinski definition) is 5. The number of halogens is 1. The molecule has 3 rings (SSSR count). The van der Waals surface area contributed by atoms with Gasteiger partial charge in [-0.3, -0.25) is 4.90 Å². The van der Waals surface area contributed by atoms with Crippen LogP contribution in [0.4, 0.5) is 20.6 Å². The lowest BCUT2D eigenvalue weighted by molar-refractivity contribution is -0.144. The lowest BCUT2D eigenvalue weighted by atomic mass is 10.2. The topological polar surface area (TPSA) is 104 Å². The Morgan fingerprint density at radius 1 is 1.19 bits per heavy atom. The molecule has 2 amide bonds. The summed E-state index contributed by atoms with van der Waals surface area (Å²) in [6.45, 7) is 1.32. The van der Waals surface area contributed by atoms with Crippen LogP contribution in [0.3, 0.4) is 0 Å². The molecule has 27 heavy (non-hydrogen) atoms. The highest BCUT2D eigenvalue weighted by Gasteiger charge is 2.41. The van der Waals surface area contributed by atoms with Gasteiger partial charge < -0.3 is 9.84 Å². The molecule has 8 nitrogen and oxygen atoms in total. The summed E-state index contributed by atoms with van der Waals surface area (Å²) in [5, 5.41) is 8.92. The van der Waals surface area contributed by atoms with Crippen molar-refractivity contribution in [2.45, 2.75) is 17.9 Å². The number of fused-ring (bicyclic) bond motifs is 1. The summed E-state index contributed by atoms with van der Waals surface area (Å²) in [6.07, 6.45) is -1.15. The van der Waals surface area contributed by atoms with Gasteiger partial charge in [-0.2, -0.15) is 4.31 Å². The van der Waals surface area contributed by atoms with Gasteiger partial charge in [0.15, 0.2) is 6.10 Å². The molecule has 0 fully saturated rings. The molecule has 0 saturated carbocycles. The third-order valence-corrected chi connectivity index (χ3v) is 5.74. The van der Waals surface area contributed by atoms with Crippen molar-refractivity contribution < 1.29 is 32.2 Å². The molecule has 2 aromatic rings. The lowest BCUT2D eigenvalue weighted by Crippen LogP contribution is -2.49. The van der Waals surface area contributed by atoms with Crippen molar-refractivity contribution in [3.63, 3.8) is 0 Å². The first-order valence-electron chi connectivity index (χ1n) is 7.75. The zero-order valence-corrected chi connectivity index (χ0v) is 15.1. The standard InChI is InChI=1S/C17H15FN2O6S/c1-10(16(21)22)26-13-7-8-15-14(9-13)19(2)17(23)20(27(15,24)25)12-5-3-11(18)4-6-12/h3-10H,1-2H3,(H,21,22)/t10-/m1/s1. The maximum absolute atomic E-state index is 13.1. The fourth-order valence-electron chi connectivity index (χ4n) is 2.57. The normalized spacial score (nSPS) is 16.6. The second-order valence-corrected chi connectivity index (χ2v) is 7.57. The minimum Gasteiger partial charge on any atom is -0.479 e. The Bertz CT molecular complexity index is 1020. The van der Waals surface area contributed by atoms with Crippen LogP contribution in [0.15, 0.2) is 47.4 Å². The molecule has 0 bridgehead atoms. The van der Waals surface area contributed by atoms with Crippen LogP contribution < -0.4 is 13.9 Å². The van der Waals surface area contributed by atoms with Crippen molar-refractivity contribution in [1.82, 2.24) is 0 Å². The number of carboxylic acids is 1. The number of benzene rings is 2. The van der Waals surface area contributed by atoms with Gasteiger partial charge in [-0.15, -0.1) is 0 Å². The Hall–Kier alpha value is -3.14. The minimum atomic E-state index is -4.24. The van der Waals surface area contributed by atoms with Crippen LogP contribution in [-0.2, 0) is 14.8 Å². The SMILES string of the molecule is C[C@@H](Oc1ccc2c(c1)N(C)C(=O)N(c1ccc(F)cc1)S2(=O)=O)C(=O)O. The summed E-state index contributed by atoms with van der Waals surface area (Å²) in [6, 6.07) is 7.45. The first kappa shape index (κ1) is 18.6. The monoisotopic (exact) mass is 394 g/mol. The van der Waals surface area contributed by atoms with Crippen LogP contribution in [0.5, 0.6) is 5.75 Å². The van der Waals surface area contributed by atoms with Crippen molar-refractivity contribution in [3.05, 3.63) is 48.3 Å². The molecule has 0 aromatic heterocycles. The number of hydrogen-bond donors (Lipinski definition) is 1. The molecule has 1 aliphatic rings. The van der Waals surface area contributed by atoms with Crippen molar-refractivity contribution >= 4 is 33.4 Å². The predicted octanol–water partition coefficient (Wildman–Crippen LogP) is 2.44. The Morgan fingerprint density at radius 3 is 2.41 bits per heavy atom. The van der Waals surface area contributed by atoms with Crippen molar-refractivity contribution in [2.24, 2.45) is 0 Å². The maximum Gasteiger partial charge on any atom is 0.344 e. The molecular formula is C17H15FN2O6S. The molecular weight excluding hydrogens is 379 g/mol.